The van der Waals surface area contributed by atoms with Crippen LogP contribution in [0, 0.1) is 12.8 Å². The number of amides is 2. The van der Waals surface area contributed by atoms with Gasteiger partial charge in [0.25, 0.3) is 5.91 Å². The second-order valence-corrected chi connectivity index (χ2v) is 9.01. The number of benzene rings is 2. The molecule has 2 heterocycles. The Morgan fingerprint density at radius 2 is 1.78 bits per heavy atom. The lowest BCUT2D eigenvalue weighted by molar-refractivity contribution is -0.151. The number of rotatable bonds is 8. The van der Waals surface area contributed by atoms with E-state index in [1.165, 1.54) is 0 Å². The van der Waals surface area contributed by atoms with Gasteiger partial charge < -0.3 is 19.5 Å². The van der Waals surface area contributed by atoms with Crippen molar-refractivity contribution in [1.82, 2.24) is 15.4 Å². The Bertz CT molecular complexity index is 1180. The van der Waals surface area contributed by atoms with Crippen LogP contribution in [0.1, 0.15) is 41.4 Å². The number of hydrogen-bond acceptors (Lipinski definition) is 6. The van der Waals surface area contributed by atoms with Crippen LogP contribution < -0.4 is 5.32 Å². The van der Waals surface area contributed by atoms with Crippen molar-refractivity contribution in [1.29, 1.82) is 0 Å². The van der Waals surface area contributed by atoms with Crippen molar-refractivity contribution in [3.8, 4) is 11.3 Å². The first-order valence-electron chi connectivity index (χ1n) is 12.3. The second kappa shape index (κ2) is 11.7. The van der Waals surface area contributed by atoms with E-state index in [2.05, 4.69) is 10.5 Å². The van der Waals surface area contributed by atoms with Gasteiger partial charge >= 0.3 is 5.97 Å². The van der Waals surface area contributed by atoms with Crippen molar-refractivity contribution in [3.05, 3.63) is 77.5 Å². The quantitative estimate of drug-likeness (QED) is 0.483. The Labute approximate surface area is 210 Å². The zero-order valence-corrected chi connectivity index (χ0v) is 20.6. The van der Waals surface area contributed by atoms with E-state index in [0.717, 1.165) is 16.7 Å². The van der Waals surface area contributed by atoms with Crippen molar-refractivity contribution in [2.45, 2.75) is 39.2 Å². The first kappa shape index (κ1) is 25.2. The molecule has 3 aromatic rings. The predicted octanol–water partition coefficient (Wildman–Crippen LogP) is 3.79. The molecule has 1 aliphatic heterocycles. The number of piperidine rings is 1. The van der Waals surface area contributed by atoms with Crippen LogP contribution in [0.2, 0.25) is 0 Å². The summed E-state index contributed by atoms with van der Waals surface area (Å²) in [7, 11) is 0. The summed E-state index contributed by atoms with van der Waals surface area (Å²) in [5.74, 6) is -0.600. The summed E-state index contributed by atoms with van der Waals surface area (Å²) in [5, 5.41) is 6.79. The van der Waals surface area contributed by atoms with Crippen molar-refractivity contribution in [3.63, 3.8) is 0 Å². The number of esters is 1. The molecule has 8 heteroatoms. The molecular weight excluding hydrogens is 458 g/mol. The van der Waals surface area contributed by atoms with Crippen LogP contribution in [0.4, 0.5) is 0 Å². The SMILES string of the molecule is CCOC(=O)C1CCN(C(=O)[C@H](Cc2ccccc2)NC(=O)c2cc(-c3ccc(C)cc3)on2)CC1. The number of ether oxygens (including phenoxy) is 1. The van der Waals surface area contributed by atoms with E-state index in [4.69, 9.17) is 9.26 Å². The van der Waals surface area contributed by atoms with E-state index < -0.39 is 11.9 Å². The van der Waals surface area contributed by atoms with Crippen LogP contribution in [0.25, 0.3) is 11.3 Å². The fourth-order valence-electron chi connectivity index (χ4n) is 4.33. The van der Waals surface area contributed by atoms with Gasteiger partial charge in [0.05, 0.1) is 12.5 Å². The van der Waals surface area contributed by atoms with E-state index in [-0.39, 0.29) is 23.5 Å². The number of carbonyl (C=O) groups is 3. The van der Waals surface area contributed by atoms with Crippen molar-refractivity contribution in [2.24, 2.45) is 5.92 Å². The third-order valence-electron chi connectivity index (χ3n) is 6.39. The summed E-state index contributed by atoms with van der Waals surface area (Å²) in [6.45, 7) is 4.99. The molecule has 188 valence electrons. The minimum absolute atomic E-state index is 0.109. The maximum Gasteiger partial charge on any atom is 0.309 e. The van der Waals surface area contributed by atoms with Gasteiger partial charge in [-0.25, -0.2) is 0 Å². The lowest BCUT2D eigenvalue weighted by atomic mass is 9.95. The molecule has 36 heavy (non-hydrogen) atoms. The number of hydrogen-bond donors (Lipinski definition) is 1. The number of carbonyl (C=O) groups excluding carboxylic acids is 3. The molecule has 1 aromatic heterocycles. The molecular formula is C28H31N3O5. The lowest BCUT2D eigenvalue weighted by Gasteiger charge is -2.33. The molecule has 0 aliphatic carbocycles. The fourth-order valence-corrected chi connectivity index (χ4v) is 4.33. The summed E-state index contributed by atoms with van der Waals surface area (Å²) < 4.78 is 10.5. The summed E-state index contributed by atoms with van der Waals surface area (Å²) in [6, 6.07) is 18.1. The predicted molar refractivity (Wildman–Crippen MR) is 134 cm³/mol. The number of aromatic nitrogens is 1. The average Bonchev–Trinajstić information content (AvgIpc) is 3.40. The molecule has 1 atom stereocenters. The zero-order chi connectivity index (χ0) is 25.5. The second-order valence-electron chi connectivity index (χ2n) is 9.01. The standard InChI is InChI=1S/C28H31N3O5/c1-3-35-28(34)22-13-15-31(16-14-22)27(33)24(17-20-7-5-4-6-8-20)29-26(32)23-18-25(36-30-23)21-11-9-19(2)10-12-21/h4-12,18,22,24H,3,13-17H2,1-2H3,(H,29,32)/t24-/m0/s1. The van der Waals surface area contributed by atoms with E-state index in [0.29, 0.717) is 44.7 Å². The normalized spacial score (nSPS) is 14.8. The molecule has 1 N–H and O–H groups in total. The van der Waals surface area contributed by atoms with Crippen LogP contribution in [0.15, 0.2) is 65.2 Å². The van der Waals surface area contributed by atoms with Gasteiger partial charge in [-0.3, -0.25) is 14.4 Å². The lowest BCUT2D eigenvalue weighted by Crippen LogP contribution is -2.52. The minimum Gasteiger partial charge on any atom is -0.466 e. The van der Waals surface area contributed by atoms with E-state index in [1.807, 2.05) is 61.5 Å². The Hall–Kier alpha value is -3.94. The molecule has 0 bridgehead atoms. The molecule has 2 amide bonds. The highest BCUT2D eigenvalue weighted by atomic mass is 16.5. The molecule has 1 saturated heterocycles. The molecule has 0 spiro atoms. The van der Waals surface area contributed by atoms with E-state index in [1.54, 1.807) is 17.9 Å². The van der Waals surface area contributed by atoms with Crippen LogP contribution in [-0.4, -0.2) is 53.6 Å². The monoisotopic (exact) mass is 489 g/mol. The zero-order valence-electron chi connectivity index (χ0n) is 20.6. The molecule has 8 nitrogen and oxygen atoms in total. The maximum absolute atomic E-state index is 13.5. The highest BCUT2D eigenvalue weighted by Crippen LogP contribution is 2.22. The molecule has 4 rings (SSSR count). The molecule has 0 unspecified atom stereocenters. The van der Waals surface area contributed by atoms with Crippen LogP contribution in [0.5, 0.6) is 0 Å². The molecule has 1 aliphatic rings. The summed E-state index contributed by atoms with van der Waals surface area (Å²) in [6.07, 6.45) is 1.42. The summed E-state index contributed by atoms with van der Waals surface area (Å²) in [5.41, 5.74) is 2.97. The average molecular weight is 490 g/mol. The largest absolute Gasteiger partial charge is 0.466 e. The van der Waals surface area contributed by atoms with Gasteiger partial charge in [-0.15, -0.1) is 0 Å². The van der Waals surface area contributed by atoms with Crippen LogP contribution >= 0.6 is 0 Å². The first-order valence-corrected chi connectivity index (χ1v) is 12.3. The van der Waals surface area contributed by atoms with Gasteiger partial charge in [0, 0.05) is 31.1 Å². The smallest absolute Gasteiger partial charge is 0.309 e. The van der Waals surface area contributed by atoms with Crippen molar-refractivity contribution in [2.75, 3.05) is 19.7 Å². The Kier molecular flexibility index (Phi) is 8.15. The fraction of sp³-hybridized carbons (Fsp3) is 0.357. The molecule has 0 radical (unpaired) electrons. The number of likely N-dealkylation sites (tertiary alicyclic amines) is 1. The first-order chi connectivity index (χ1) is 17.4. The van der Waals surface area contributed by atoms with Crippen LogP contribution in [-0.2, 0) is 20.7 Å². The number of aryl methyl sites for hydroxylation is 1. The van der Waals surface area contributed by atoms with Crippen LogP contribution in [0.3, 0.4) is 0 Å². The van der Waals surface area contributed by atoms with Crippen molar-refractivity contribution < 1.29 is 23.6 Å². The molecule has 2 aromatic carbocycles. The number of nitrogens with one attached hydrogen (secondary N) is 1. The Morgan fingerprint density at radius 3 is 2.44 bits per heavy atom. The van der Waals surface area contributed by atoms with E-state index >= 15 is 0 Å². The van der Waals surface area contributed by atoms with Gasteiger partial charge in [0.1, 0.15) is 6.04 Å². The minimum atomic E-state index is -0.779. The molecule has 1 fully saturated rings. The number of nitrogens with zero attached hydrogens (tertiary/aromatic N) is 2. The van der Waals surface area contributed by atoms with Crippen molar-refractivity contribution >= 4 is 17.8 Å². The van der Waals surface area contributed by atoms with Gasteiger partial charge in [-0.1, -0.05) is 65.3 Å². The maximum atomic E-state index is 13.5. The third-order valence-corrected chi connectivity index (χ3v) is 6.39. The van der Waals surface area contributed by atoms with Gasteiger partial charge in [0.15, 0.2) is 11.5 Å². The van der Waals surface area contributed by atoms with Gasteiger partial charge in [0.2, 0.25) is 5.91 Å². The highest BCUT2D eigenvalue weighted by Gasteiger charge is 2.32. The third kappa shape index (κ3) is 6.19. The Balaban J connectivity index is 1.46. The summed E-state index contributed by atoms with van der Waals surface area (Å²) >= 11 is 0. The van der Waals surface area contributed by atoms with Gasteiger partial charge in [-0.2, -0.15) is 0 Å². The van der Waals surface area contributed by atoms with E-state index in [9.17, 15) is 14.4 Å². The summed E-state index contributed by atoms with van der Waals surface area (Å²) in [4.78, 5) is 40.3. The van der Waals surface area contributed by atoms with Gasteiger partial charge in [-0.05, 0) is 32.3 Å². The molecule has 0 saturated carbocycles. The topological polar surface area (TPSA) is 102 Å². The Morgan fingerprint density at radius 1 is 1.08 bits per heavy atom. The highest BCUT2D eigenvalue weighted by molar-refractivity contribution is 5.96.